The predicted molar refractivity (Wildman–Crippen MR) is 99.2 cm³/mol. The summed E-state index contributed by atoms with van der Waals surface area (Å²) in [6.07, 6.45) is 5.39. The van der Waals surface area contributed by atoms with Crippen molar-refractivity contribution in [1.82, 2.24) is 10.2 Å². The van der Waals surface area contributed by atoms with E-state index in [-0.39, 0.29) is 29.8 Å². The Bertz CT molecular complexity index is 555. The quantitative estimate of drug-likeness (QED) is 0.452. The van der Waals surface area contributed by atoms with Crippen molar-refractivity contribution in [3.63, 3.8) is 0 Å². The van der Waals surface area contributed by atoms with Gasteiger partial charge in [0.25, 0.3) is 0 Å². The molecule has 0 radical (unpaired) electrons. The zero-order valence-electron chi connectivity index (χ0n) is 13.4. The predicted octanol–water partition coefficient (Wildman–Crippen LogP) is 3.70. The van der Waals surface area contributed by atoms with Gasteiger partial charge in [0, 0.05) is 26.7 Å². The van der Waals surface area contributed by atoms with Gasteiger partial charge in [-0.2, -0.15) is 0 Å². The molecular weight excluding hydrogens is 392 g/mol. The average Bonchev–Trinajstić information content (AvgIpc) is 2.89. The van der Waals surface area contributed by atoms with E-state index in [1.54, 1.807) is 13.0 Å². The minimum atomic E-state index is -0.140. The van der Waals surface area contributed by atoms with Gasteiger partial charge in [-0.1, -0.05) is 18.6 Å². The van der Waals surface area contributed by atoms with Gasteiger partial charge >= 0.3 is 0 Å². The Hall–Kier alpha value is -0.850. The smallest absolute Gasteiger partial charge is 0.193 e. The first-order chi connectivity index (χ1) is 10.1. The number of hydrogen-bond donors (Lipinski definition) is 1. The first-order valence-corrected chi connectivity index (χ1v) is 7.83. The summed E-state index contributed by atoms with van der Waals surface area (Å²) in [5.74, 6) is 0.804. The van der Waals surface area contributed by atoms with Crippen molar-refractivity contribution in [2.24, 2.45) is 10.4 Å². The van der Waals surface area contributed by atoms with E-state index >= 15 is 0 Å². The number of aliphatic imine (C=N–C) groups is 1. The molecule has 1 saturated heterocycles. The normalized spacial score (nSPS) is 19.8. The molecule has 0 bridgehead atoms. The number of rotatable bonds is 2. The van der Waals surface area contributed by atoms with E-state index in [1.807, 2.05) is 19.2 Å². The summed E-state index contributed by atoms with van der Waals surface area (Å²) in [5, 5.41) is 3.37. The van der Waals surface area contributed by atoms with Gasteiger partial charge in [0.2, 0.25) is 0 Å². The summed E-state index contributed by atoms with van der Waals surface area (Å²) in [7, 11) is 1.82. The number of benzene rings is 1. The maximum atomic E-state index is 13.6. The monoisotopic (exact) mass is 417 g/mol. The highest BCUT2D eigenvalue weighted by molar-refractivity contribution is 14.0. The molecule has 2 aliphatic rings. The van der Waals surface area contributed by atoms with Gasteiger partial charge in [0.15, 0.2) is 5.96 Å². The van der Waals surface area contributed by atoms with Gasteiger partial charge in [0.1, 0.15) is 5.82 Å². The van der Waals surface area contributed by atoms with Crippen molar-refractivity contribution in [3.8, 4) is 0 Å². The Morgan fingerprint density at radius 1 is 1.36 bits per heavy atom. The van der Waals surface area contributed by atoms with E-state index in [2.05, 4.69) is 15.2 Å². The van der Waals surface area contributed by atoms with Crippen LogP contribution in [0.25, 0.3) is 0 Å². The summed E-state index contributed by atoms with van der Waals surface area (Å²) in [6, 6.07) is 5.40. The second-order valence-electron chi connectivity index (χ2n) is 6.51. The lowest BCUT2D eigenvalue weighted by Crippen LogP contribution is -2.42. The number of likely N-dealkylation sites (tertiary alicyclic amines) is 1. The van der Waals surface area contributed by atoms with Crippen LogP contribution in [0, 0.1) is 18.2 Å². The van der Waals surface area contributed by atoms with Crippen molar-refractivity contribution in [3.05, 3.63) is 35.1 Å². The van der Waals surface area contributed by atoms with Gasteiger partial charge < -0.3 is 10.2 Å². The number of nitrogens with zero attached hydrogens (tertiary/aromatic N) is 2. The summed E-state index contributed by atoms with van der Waals surface area (Å²) in [6.45, 7) is 4.61. The molecule has 1 N–H and O–H groups in total. The van der Waals surface area contributed by atoms with Crippen LogP contribution in [0.1, 0.15) is 36.8 Å². The molecule has 5 heteroatoms. The number of guanidine groups is 1. The lowest BCUT2D eigenvalue weighted by Gasteiger charge is -2.38. The largest absolute Gasteiger partial charge is 0.352 e. The SMILES string of the molecule is CN=C(NCc1ccc(C)c(F)c1)N1CCC2(CCC2)C1.I. The van der Waals surface area contributed by atoms with Gasteiger partial charge in [-0.05, 0) is 48.8 Å². The first-order valence-electron chi connectivity index (χ1n) is 7.83. The minimum Gasteiger partial charge on any atom is -0.352 e. The van der Waals surface area contributed by atoms with Crippen LogP contribution >= 0.6 is 24.0 Å². The lowest BCUT2D eigenvalue weighted by molar-refractivity contribution is 0.151. The first kappa shape index (κ1) is 17.5. The van der Waals surface area contributed by atoms with E-state index < -0.39 is 0 Å². The topological polar surface area (TPSA) is 27.6 Å². The summed E-state index contributed by atoms with van der Waals surface area (Å²) in [4.78, 5) is 6.74. The van der Waals surface area contributed by atoms with Gasteiger partial charge in [-0.3, -0.25) is 4.99 Å². The Kier molecular flexibility index (Phi) is 5.69. The van der Waals surface area contributed by atoms with Crippen LogP contribution in [0.4, 0.5) is 4.39 Å². The van der Waals surface area contributed by atoms with Crippen LogP contribution in [-0.4, -0.2) is 31.0 Å². The maximum Gasteiger partial charge on any atom is 0.193 e. The summed E-state index contributed by atoms with van der Waals surface area (Å²) in [5.41, 5.74) is 2.21. The fraction of sp³-hybridized carbons (Fsp3) is 0.588. The third kappa shape index (κ3) is 3.55. The van der Waals surface area contributed by atoms with E-state index in [9.17, 15) is 4.39 Å². The molecule has 22 heavy (non-hydrogen) atoms. The number of hydrogen-bond acceptors (Lipinski definition) is 1. The van der Waals surface area contributed by atoms with Crippen molar-refractivity contribution in [1.29, 1.82) is 0 Å². The second-order valence-corrected chi connectivity index (χ2v) is 6.51. The summed E-state index contributed by atoms with van der Waals surface area (Å²) < 4.78 is 13.6. The van der Waals surface area contributed by atoms with E-state index in [0.29, 0.717) is 17.5 Å². The van der Waals surface area contributed by atoms with Crippen LogP contribution < -0.4 is 5.32 Å². The zero-order chi connectivity index (χ0) is 14.9. The van der Waals surface area contributed by atoms with E-state index in [4.69, 9.17) is 0 Å². The molecule has 1 heterocycles. The van der Waals surface area contributed by atoms with Gasteiger partial charge in [-0.15, -0.1) is 24.0 Å². The molecular formula is C17H25FIN3. The fourth-order valence-electron chi connectivity index (χ4n) is 3.46. The van der Waals surface area contributed by atoms with Crippen LogP contribution in [0.15, 0.2) is 23.2 Å². The van der Waals surface area contributed by atoms with Gasteiger partial charge in [-0.25, -0.2) is 4.39 Å². The van der Waals surface area contributed by atoms with E-state index in [1.165, 1.54) is 25.7 Å². The Morgan fingerprint density at radius 3 is 2.68 bits per heavy atom. The van der Waals surface area contributed by atoms with Crippen molar-refractivity contribution in [2.45, 2.75) is 39.2 Å². The molecule has 3 rings (SSSR count). The molecule has 122 valence electrons. The molecule has 1 aromatic rings. The number of nitrogens with one attached hydrogen (secondary N) is 1. The highest BCUT2D eigenvalue weighted by Gasteiger charge is 2.43. The van der Waals surface area contributed by atoms with Crippen LogP contribution in [0.2, 0.25) is 0 Å². The standard InChI is InChI=1S/C17H24FN3.HI/c1-13-4-5-14(10-15(13)18)11-20-16(19-2)21-9-8-17(12-21)6-3-7-17;/h4-5,10H,3,6-9,11-12H2,1-2H3,(H,19,20);1H. The molecule has 2 fully saturated rings. The number of aryl methyl sites for hydroxylation is 1. The molecule has 0 atom stereocenters. The average molecular weight is 417 g/mol. The Morgan fingerprint density at radius 2 is 2.14 bits per heavy atom. The summed E-state index contributed by atoms with van der Waals surface area (Å²) >= 11 is 0. The molecule has 1 saturated carbocycles. The second kappa shape index (κ2) is 7.15. The highest BCUT2D eigenvalue weighted by Crippen LogP contribution is 2.47. The third-order valence-electron chi connectivity index (χ3n) is 5.05. The van der Waals surface area contributed by atoms with E-state index in [0.717, 1.165) is 24.6 Å². The Labute approximate surface area is 149 Å². The van der Waals surface area contributed by atoms with Crippen molar-refractivity contribution >= 4 is 29.9 Å². The van der Waals surface area contributed by atoms with Gasteiger partial charge in [0.05, 0.1) is 0 Å². The maximum absolute atomic E-state index is 13.6. The van der Waals surface area contributed by atoms with Crippen LogP contribution in [0.5, 0.6) is 0 Å². The molecule has 1 aliphatic heterocycles. The fourth-order valence-corrected chi connectivity index (χ4v) is 3.46. The lowest BCUT2D eigenvalue weighted by atomic mass is 9.68. The zero-order valence-corrected chi connectivity index (χ0v) is 15.7. The van der Waals surface area contributed by atoms with Crippen LogP contribution in [0.3, 0.4) is 0 Å². The molecule has 1 aliphatic carbocycles. The molecule has 0 unspecified atom stereocenters. The molecule has 1 aromatic carbocycles. The molecule has 0 aromatic heterocycles. The minimum absolute atomic E-state index is 0. The number of halogens is 2. The van der Waals surface area contributed by atoms with Crippen molar-refractivity contribution in [2.75, 3.05) is 20.1 Å². The molecule has 1 spiro atoms. The molecule has 3 nitrogen and oxygen atoms in total. The highest BCUT2D eigenvalue weighted by atomic mass is 127. The third-order valence-corrected chi connectivity index (χ3v) is 5.05. The Balaban J connectivity index is 0.00000176. The van der Waals surface area contributed by atoms with Crippen LogP contribution in [-0.2, 0) is 6.54 Å². The van der Waals surface area contributed by atoms with Crippen molar-refractivity contribution < 1.29 is 4.39 Å². The molecule has 0 amide bonds.